The molecule has 1 amide bonds. The number of amides is 1. The SMILES string of the molecule is Cc1nn(-c2ccc(F)cc2)c2sc(C(=O)OCC(=O)N3C[C@H](C)O[C@@H](C)C3)cc12. The quantitative estimate of drug-likeness (QED) is 0.593. The summed E-state index contributed by atoms with van der Waals surface area (Å²) in [6, 6.07) is 7.69. The van der Waals surface area contributed by atoms with Gasteiger partial charge in [-0.1, -0.05) is 0 Å². The molecule has 0 aliphatic carbocycles. The zero-order valence-electron chi connectivity index (χ0n) is 16.9. The number of rotatable bonds is 4. The molecule has 1 aromatic carbocycles. The van der Waals surface area contributed by atoms with Gasteiger partial charge in [0.25, 0.3) is 5.91 Å². The van der Waals surface area contributed by atoms with E-state index in [1.54, 1.807) is 27.8 Å². The molecule has 7 nitrogen and oxygen atoms in total. The molecule has 3 heterocycles. The molecule has 2 aromatic heterocycles. The molecule has 3 aromatic rings. The highest BCUT2D eigenvalue weighted by Gasteiger charge is 2.27. The fourth-order valence-corrected chi connectivity index (χ4v) is 4.65. The number of esters is 1. The number of fused-ring (bicyclic) bond motifs is 1. The predicted octanol–water partition coefficient (Wildman–Crippen LogP) is 3.33. The lowest BCUT2D eigenvalue weighted by Gasteiger charge is -2.35. The third-order valence-electron chi connectivity index (χ3n) is 4.92. The minimum absolute atomic E-state index is 0.0478. The lowest BCUT2D eigenvalue weighted by atomic mass is 10.2. The normalized spacial score (nSPS) is 19.3. The van der Waals surface area contributed by atoms with E-state index in [2.05, 4.69) is 5.10 Å². The van der Waals surface area contributed by atoms with Crippen LogP contribution in [-0.2, 0) is 14.3 Å². The van der Waals surface area contributed by atoms with Gasteiger partial charge >= 0.3 is 5.97 Å². The van der Waals surface area contributed by atoms with E-state index in [1.165, 1.54) is 23.5 Å². The average molecular weight is 431 g/mol. The molecule has 0 saturated carbocycles. The molecule has 1 saturated heterocycles. The Hall–Kier alpha value is -2.78. The van der Waals surface area contributed by atoms with Crippen molar-refractivity contribution < 1.29 is 23.5 Å². The number of carbonyl (C=O) groups is 2. The number of nitrogens with zero attached hydrogens (tertiary/aromatic N) is 3. The third-order valence-corrected chi connectivity index (χ3v) is 6.01. The van der Waals surface area contributed by atoms with Gasteiger partial charge in [0, 0.05) is 18.5 Å². The second-order valence-corrected chi connectivity index (χ2v) is 8.47. The van der Waals surface area contributed by atoms with E-state index in [0.29, 0.717) is 23.7 Å². The number of benzene rings is 1. The van der Waals surface area contributed by atoms with Crippen molar-refractivity contribution in [3.63, 3.8) is 0 Å². The second kappa shape index (κ2) is 8.16. The third kappa shape index (κ3) is 4.08. The first kappa shape index (κ1) is 20.5. The number of carbonyl (C=O) groups excluding carboxylic acids is 2. The number of halogens is 1. The van der Waals surface area contributed by atoms with E-state index in [9.17, 15) is 14.0 Å². The van der Waals surface area contributed by atoms with E-state index >= 15 is 0 Å². The van der Waals surface area contributed by atoms with Crippen LogP contribution >= 0.6 is 11.3 Å². The molecule has 0 spiro atoms. The molecule has 0 N–H and O–H groups in total. The zero-order valence-corrected chi connectivity index (χ0v) is 17.7. The molecule has 1 aliphatic rings. The molecule has 30 heavy (non-hydrogen) atoms. The first-order valence-electron chi connectivity index (χ1n) is 9.67. The topological polar surface area (TPSA) is 73.7 Å². The van der Waals surface area contributed by atoms with Gasteiger partial charge in [-0.25, -0.2) is 13.9 Å². The Morgan fingerprint density at radius 2 is 1.90 bits per heavy atom. The van der Waals surface area contributed by atoms with Crippen molar-refractivity contribution >= 4 is 33.4 Å². The summed E-state index contributed by atoms with van der Waals surface area (Å²) in [5.74, 6) is -1.12. The number of ether oxygens (including phenoxy) is 2. The van der Waals surface area contributed by atoms with E-state index in [-0.39, 0.29) is 30.5 Å². The van der Waals surface area contributed by atoms with Crippen LogP contribution in [0.25, 0.3) is 15.9 Å². The van der Waals surface area contributed by atoms with Crippen LogP contribution in [-0.4, -0.2) is 58.5 Å². The monoisotopic (exact) mass is 431 g/mol. The largest absolute Gasteiger partial charge is 0.451 e. The molecule has 4 rings (SSSR count). The summed E-state index contributed by atoms with van der Waals surface area (Å²) < 4.78 is 25.8. The van der Waals surface area contributed by atoms with Crippen molar-refractivity contribution in [3.05, 3.63) is 46.7 Å². The summed E-state index contributed by atoms with van der Waals surface area (Å²) in [6.07, 6.45) is -0.0956. The van der Waals surface area contributed by atoms with Gasteiger partial charge in [0.05, 0.1) is 23.6 Å². The lowest BCUT2D eigenvalue weighted by molar-refractivity contribution is -0.146. The fourth-order valence-electron chi connectivity index (χ4n) is 3.58. The summed E-state index contributed by atoms with van der Waals surface area (Å²) in [4.78, 5) is 27.8. The number of aromatic nitrogens is 2. The van der Waals surface area contributed by atoms with Gasteiger partial charge < -0.3 is 14.4 Å². The maximum atomic E-state index is 13.2. The molecule has 0 unspecified atom stereocenters. The first-order valence-corrected chi connectivity index (χ1v) is 10.5. The molecule has 1 aliphatic heterocycles. The van der Waals surface area contributed by atoms with Crippen LogP contribution < -0.4 is 0 Å². The summed E-state index contributed by atoms with van der Waals surface area (Å²) in [5.41, 5.74) is 1.44. The molecular formula is C21H22FN3O4S. The lowest BCUT2D eigenvalue weighted by Crippen LogP contribution is -2.49. The van der Waals surface area contributed by atoms with Crippen LogP contribution in [0.2, 0.25) is 0 Å². The molecule has 0 radical (unpaired) electrons. The summed E-state index contributed by atoms with van der Waals surface area (Å²) >= 11 is 1.23. The maximum Gasteiger partial charge on any atom is 0.348 e. The van der Waals surface area contributed by atoms with E-state index in [4.69, 9.17) is 9.47 Å². The predicted molar refractivity (Wildman–Crippen MR) is 111 cm³/mol. The Balaban J connectivity index is 1.48. The van der Waals surface area contributed by atoms with Crippen LogP contribution in [0.15, 0.2) is 30.3 Å². The van der Waals surface area contributed by atoms with Gasteiger partial charge in [0.15, 0.2) is 6.61 Å². The standard InChI is InChI=1S/C21H22FN3O4S/c1-12-9-24(10-13(2)29-12)19(26)11-28-21(27)18-8-17-14(3)23-25(20(17)30-18)16-6-4-15(22)5-7-16/h4-8,12-13H,9-11H2,1-3H3/t12-,13-/m0/s1. The van der Waals surface area contributed by atoms with Crippen molar-refractivity contribution in [1.29, 1.82) is 0 Å². The van der Waals surface area contributed by atoms with Gasteiger partial charge in [-0.2, -0.15) is 5.10 Å². The van der Waals surface area contributed by atoms with E-state index < -0.39 is 5.97 Å². The molecular weight excluding hydrogens is 409 g/mol. The van der Waals surface area contributed by atoms with Gasteiger partial charge in [-0.15, -0.1) is 11.3 Å². The Morgan fingerprint density at radius 3 is 2.57 bits per heavy atom. The second-order valence-electron chi connectivity index (χ2n) is 7.44. The summed E-state index contributed by atoms with van der Waals surface area (Å²) in [5, 5.41) is 5.30. The minimum atomic E-state index is -0.552. The molecule has 158 valence electrons. The Bertz CT molecular complexity index is 1080. The molecule has 2 atom stereocenters. The average Bonchev–Trinajstić information content (AvgIpc) is 3.26. The van der Waals surface area contributed by atoms with Crippen molar-refractivity contribution in [2.45, 2.75) is 33.0 Å². The number of thiophene rings is 1. The zero-order chi connectivity index (χ0) is 21.4. The van der Waals surface area contributed by atoms with Gasteiger partial charge in [-0.3, -0.25) is 4.79 Å². The fraction of sp³-hybridized carbons (Fsp3) is 0.381. The highest BCUT2D eigenvalue weighted by Crippen LogP contribution is 2.31. The Kier molecular flexibility index (Phi) is 5.57. The molecule has 9 heteroatoms. The van der Waals surface area contributed by atoms with Crippen LogP contribution in [0, 0.1) is 12.7 Å². The van der Waals surface area contributed by atoms with Crippen molar-refractivity contribution in [2.24, 2.45) is 0 Å². The Morgan fingerprint density at radius 1 is 1.23 bits per heavy atom. The van der Waals surface area contributed by atoms with Crippen LogP contribution in [0.5, 0.6) is 0 Å². The summed E-state index contributed by atoms with van der Waals surface area (Å²) in [6.45, 7) is 6.31. The minimum Gasteiger partial charge on any atom is -0.451 e. The highest BCUT2D eigenvalue weighted by molar-refractivity contribution is 7.20. The number of hydrogen-bond acceptors (Lipinski definition) is 6. The van der Waals surface area contributed by atoms with Crippen molar-refractivity contribution in [3.8, 4) is 5.69 Å². The smallest absolute Gasteiger partial charge is 0.348 e. The van der Waals surface area contributed by atoms with Crippen molar-refractivity contribution in [1.82, 2.24) is 14.7 Å². The van der Waals surface area contributed by atoms with Gasteiger partial charge in [0.1, 0.15) is 15.5 Å². The maximum absolute atomic E-state index is 13.2. The van der Waals surface area contributed by atoms with E-state index in [1.807, 2.05) is 20.8 Å². The first-order chi connectivity index (χ1) is 14.3. The summed E-state index contributed by atoms with van der Waals surface area (Å²) in [7, 11) is 0. The number of aryl methyl sites for hydroxylation is 1. The number of hydrogen-bond donors (Lipinski definition) is 0. The highest BCUT2D eigenvalue weighted by atomic mass is 32.1. The van der Waals surface area contributed by atoms with Crippen LogP contribution in [0.1, 0.15) is 29.2 Å². The van der Waals surface area contributed by atoms with Crippen LogP contribution in [0.4, 0.5) is 4.39 Å². The molecule has 0 bridgehead atoms. The van der Waals surface area contributed by atoms with Crippen LogP contribution in [0.3, 0.4) is 0 Å². The number of morpholine rings is 1. The van der Waals surface area contributed by atoms with Gasteiger partial charge in [-0.05, 0) is 51.1 Å². The molecule has 1 fully saturated rings. The van der Waals surface area contributed by atoms with Gasteiger partial charge in [0.2, 0.25) is 0 Å². The van der Waals surface area contributed by atoms with Crippen molar-refractivity contribution in [2.75, 3.05) is 19.7 Å². The Labute approximate surface area is 177 Å². The van der Waals surface area contributed by atoms with E-state index in [0.717, 1.165) is 15.9 Å².